The molecule has 18 heavy (non-hydrogen) atoms. The van der Waals surface area contributed by atoms with Crippen molar-refractivity contribution in [3.8, 4) is 0 Å². The van der Waals surface area contributed by atoms with Crippen LogP contribution in [-0.2, 0) is 6.42 Å². The van der Waals surface area contributed by atoms with Crippen molar-refractivity contribution in [3.63, 3.8) is 0 Å². The first kappa shape index (κ1) is 13.4. The van der Waals surface area contributed by atoms with E-state index in [-0.39, 0.29) is 11.2 Å². The highest BCUT2D eigenvalue weighted by molar-refractivity contribution is 7.80. The molecule has 6 nitrogen and oxygen atoms in total. The summed E-state index contributed by atoms with van der Waals surface area (Å²) in [7, 11) is 0. The molecule has 0 unspecified atom stereocenters. The number of aliphatic hydroxyl groups excluding tert-OH is 2. The highest BCUT2D eigenvalue weighted by Gasteiger charge is 2.23. The molecule has 2 rings (SSSR count). The van der Waals surface area contributed by atoms with Gasteiger partial charge in [-0.1, -0.05) is 0 Å². The Balaban J connectivity index is 1.92. The van der Waals surface area contributed by atoms with Crippen LogP contribution in [0.25, 0.3) is 0 Å². The molecule has 1 saturated carbocycles. The summed E-state index contributed by atoms with van der Waals surface area (Å²) in [6.45, 7) is 0. The smallest absolute Gasteiger partial charge is 0.156 e. The number of hydrogen-bond acceptors (Lipinski definition) is 5. The van der Waals surface area contributed by atoms with E-state index < -0.39 is 0 Å². The number of aliphatic hydroxyl groups is 2. The molecule has 100 valence electrons. The summed E-state index contributed by atoms with van der Waals surface area (Å²) in [6, 6.07) is 0.291. The maximum atomic E-state index is 9.49. The molecular weight excluding hydrogens is 252 g/mol. The van der Waals surface area contributed by atoms with Gasteiger partial charge < -0.3 is 10.2 Å². The fourth-order valence-electron chi connectivity index (χ4n) is 2.36. The van der Waals surface area contributed by atoms with Gasteiger partial charge in [0.1, 0.15) is 0 Å². The Kier molecular flexibility index (Phi) is 4.60. The van der Waals surface area contributed by atoms with E-state index in [0.29, 0.717) is 18.9 Å². The summed E-state index contributed by atoms with van der Waals surface area (Å²) in [6.07, 6.45) is 5.25. The second kappa shape index (κ2) is 6.19. The molecule has 0 spiro atoms. The normalized spacial score (nSPS) is 24.1. The number of aromatic nitrogens is 4. The monoisotopic (exact) mass is 270 g/mol. The Morgan fingerprint density at radius 3 is 2.72 bits per heavy atom. The zero-order valence-corrected chi connectivity index (χ0v) is 11.0. The first-order valence-corrected chi connectivity index (χ1v) is 6.74. The van der Waals surface area contributed by atoms with Gasteiger partial charge in [0, 0.05) is 12.8 Å². The van der Waals surface area contributed by atoms with Gasteiger partial charge in [-0.25, -0.2) is 4.68 Å². The van der Waals surface area contributed by atoms with E-state index in [2.05, 4.69) is 27.7 Å². The van der Waals surface area contributed by atoms with E-state index in [1.165, 1.54) is 0 Å². The quantitative estimate of drug-likeness (QED) is 0.786. The standard InChI is InChI=1S/C11H18N4O2S/c16-9-6-4-8(5-7-9)15-10(12-13-14-15)2-1-3-11(17)18/h8-9,16H,1-7H2,(H,17,18). The van der Waals surface area contributed by atoms with Crippen molar-refractivity contribution in [2.24, 2.45) is 0 Å². The maximum Gasteiger partial charge on any atom is 0.156 e. The molecule has 0 bridgehead atoms. The number of rotatable bonds is 5. The lowest BCUT2D eigenvalue weighted by atomic mass is 9.93. The number of hydrogen-bond donors (Lipinski definition) is 2. The Morgan fingerprint density at radius 2 is 2.06 bits per heavy atom. The minimum atomic E-state index is -0.173. The summed E-state index contributed by atoms with van der Waals surface area (Å²) in [5.74, 6) is 0.840. The molecule has 0 atom stereocenters. The van der Waals surface area contributed by atoms with Gasteiger partial charge in [0.05, 0.1) is 12.1 Å². The topological polar surface area (TPSA) is 84.1 Å². The predicted octanol–water partition coefficient (Wildman–Crippen LogP) is 1.36. The second-order valence-corrected chi connectivity index (χ2v) is 5.22. The minimum absolute atomic E-state index is 0.0369. The number of aryl methyl sites for hydroxylation is 1. The molecule has 0 aliphatic heterocycles. The molecule has 1 aliphatic carbocycles. The third kappa shape index (κ3) is 3.46. The van der Waals surface area contributed by atoms with Gasteiger partial charge in [0.2, 0.25) is 0 Å². The Labute approximate surface area is 111 Å². The third-order valence-electron chi connectivity index (χ3n) is 3.36. The molecule has 1 aromatic heterocycles. The first-order valence-electron chi connectivity index (χ1n) is 6.33. The number of nitrogens with zero attached hydrogens (tertiary/aromatic N) is 4. The summed E-state index contributed by atoms with van der Waals surface area (Å²) in [5.41, 5.74) is 0. The van der Waals surface area contributed by atoms with Gasteiger partial charge in [-0.05, 0) is 54.7 Å². The Morgan fingerprint density at radius 1 is 1.33 bits per heavy atom. The molecule has 1 aliphatic rings. The highest BCUT2D eigenvalue weighted by atomic mass is 32.1. The number of thiocarbonyl (C=S) groups is 1. The lowest BCUT2D eigenvalue weighted by Gasteiger charge is -2.25. The highest BCUT2D eigenvalue weighted by Crippen LogP contribution is 2.28. The van der Waals surface area contributed by atoms with E-state index in [1.807, 2.05) is 4.68 Å². The lowest BCUT2D eigenvalue weighted by molar-refractivity contribution is 0.106. The van der Waals surface area contributed by atoms with Crippen molar-refractivity contribution in [2.75, 3.05) is 0 Å². The average molecular weight is 270 g/mol. The largest absolute Gasteiger partial charge is 0.502 e. The predicted molar refractivity (Wildman–Crippen MR) is 69.5 cm³/mol. The maximum absolute atomic E-state index is 9.49. The molecule has 0 saturated heterocycles. The number of tetrazole rings is 1. The summed E-state index contributed by atoms with van der Waals surface area (Å²) >= 11 is 4.63. The molecule has 0 amide bonds. The van der Waals surface area contributed by atoms with E-state index in [1.54, 1.807) is 0 Å². The van der Waals surface area contributed by atoms with Gasteiger partial charge in [0.25, 0.3) is 0 Å². The van der Waals surface area contributed by atoms with Crippen LogP contribution in [0, 0.1) is 0 Å². The van der Waals surface area contributed by atoms with Crippen LogP contribution in [0.2, 0.25) is 0 Å². The Bertz CT molecular complexity index is 402. The summed E-state index contributed by atoms with van der Waals surface area (Å²) < 4.78 is 1.87. The second-order valence-electron chi connectivity index (χ2n) is 4.75. The van der Waals surface area contributed by atoms with Crippen molar-refractivity contribution in [1.82, 2.24) is 20.2 Å². The molecule has 0 aromatic carbocycles. The van der Waals surface area contributed by atoms with E-state index >= 15 is 0 Å². The van der Waals surface area contributed by atoms with Crippen molar-refractivity contribution in [2.45, 2.75) is 57.1 Å². The van der Waals surface area contributed by atoms with Crippen molar-refractivity contribution < 1.29 is 10.2 Å². The Hall–Kier alpha value is -1.08. The van der Waals surface area contributed by atoms with Crippen LogP contribution < -0.4 is 0 Å². The molecule has 7 heteroatoms. The van der Waals surface area contributed by atoms with Gasteiger partial charge in [-0.3, -0.25) is 0 Å². The lowest BCUT2D eigenvalue weighted by Crippen LogP contribution is -2.23. The van der Waals surface area contributed by atoms with E-state index in [0.717, 1.165) is 37.9 Å². The zero-order valence-electron chi connectivity index (χ0n) is 10.2. The summed E-state index contributed by atoms with van der Waals surface area (Å²) in [5, 5.41) is 30.3. The summed E-state index contributed by atoms with van der Waals surface area (Å²) in [4.78, 5) is 0. The molecule has 2 N–H and O–H groups in total. The zero-order chi connectivity index (χ0) is 13.0. The van der Waals surface area contributed by atoms with Crippen LogP contribution in [0.15, 0.2) is 0 Å². The van der Waals surface area contributed by atoms with Crippen LogP contribution in [0.1, 0.15) is 50.4 Å². The average Bonchev–Trinajstić information content (AvgIpc) is 2.78. The van der Waals surface area contributed by atoms with Crippen LogP contribution in [-0.4, -0.2) is 41.6 Å². The van der Waals surface area contributed by atoms with Gasteiger partial charge in [-0.2, -0.15) is 0 Å². The van der Waals surface area contributed by atoms with Crippen LogP contribution in [0.5, 0.6) is 0 Å². The minimum Gasteiger partial charge on any atom is -0.502 e. The van der Waals surface area contributed by atoms with E-state index in [9.17, 15) is 5.11 Å². The molecule has 0 radical (unpaired) electrons. The first-order chi connectivity index (χ1) is 8.66. The SMILES string of the molecule is OC(=S)CCCc1nnnn1C1CCC(O)CC1. The van der Waals surface area contributed by atoms with Crippen LogP contribution in [0.3, 0.4) is 0 Å². The van der Waals surface area contributed by atoms with Crippen LogP contribution >= 0.6 is 12.2 Å². The van der Waals surface area contributed by atoms with Gasteiger partial charge in [-0.15, -0.1) is 5.10 Å². The van der Waals surface area contributed by atoms with Crippen LogP contribution in [0.4, 0.5) is 0 Å². The van der Waals surface area contributed by atoms with Crippen molar-refractivity contribution >= 4 is 17.3 Å². The van der Waals surface area contributed by atoms with Gasteiger partial charge in [0.15, 0.2) is 10.9 Å². The molecule has 1 heterocycles. The third-order valence-corrected chi connectivity index (χ3v) is 3.57. The molecular formula is C11H18N4O2S. The van der Waals surface area contributed by atoms with Crippen molar-refractivity contribution in [1.29, 1.82) is 0 Å². The van der Waals surface area contributed by atoms with Crippen molar-refractivity contribution in [3.05, 3.63) is 5.82 Å². The fourth-order valence-corrected chi connectivity index (χ4v) is 2.51. The molecule has 1 aromatic rings. The van der Waals surface area contributed by atoms with E-state index in [4.69, 9.17) is 5.11 Å². The molecule has 1 fully saturated rings. The fraction of sp³-hybridized carbons (Fsp3) is 0.818. The van der Waals surface area contributed by atoms with Gasteiger partial charge >= 0.3 is 0 Å².